The van der Waals surface area contributed by atoms with Gasteiger partial charge in [-0.05, 0) is 35.4 Å². The molecule has 1 amide bonds. The summed E-state index contributed by atoms with van der Waals surface area (Å²) in [7, 11) is 1.89. The van der Waals surface area contributed by atoms with Crippen LogP contribution in [-0.2, 0) is 4.79 Å². The monoisotopic (exact) mass is 351 g/mol. The number of hydrogen-bond donors (Lipinski definition) is 1. The molecule has 2 aromatic carbocycles. The summed E-state index contributed by atoms with van der Waals surface area (Å²) < 4.78 is 11.3. The molecule has 134 valence electrons. The van der Waals surface area contributed by atoms with Crippen molar-refractivity contribution in [2.75, 3.05) is 25.6 Å². The molecule has 2 heterocycles. The first-order valence-corrected chi connectivity index (χ1v) is 8.71. The Morgan fingerprint density at radius 3 is 2.54 bits per heavy atom. The molecule has 2 aliphatic heterocycles. The first kappa shape index (κ1) is 16.4. The number of benzene rings is 2. The van der Waals surface area contributed by atoms with Gasteiger partial charge in [0.25, 0.3) is 0 Å². The summed E-state index contributed by atoms with van der Waals surface area (Å²) in [5.41, 5.74) is 3.97. The number of fused-ring (bicyclic) bond motifs is 1. The average Bonchev–Trinajstić information content (AvgIpc) is 3.13. The van der Waals surface area contributed by atoms with E-state index in [0.29, 0.717) is 19.6 Å². The van der Waals surface area contributed by atoms with Crippen LogP contribution < -0.4 is 14.8 Å². The third-order valence-electron chi connectivity index (χ3n) is 4.69. The maximum Gasteiger partial charge on any atom is 0.240 e. The molecule has 6 heteroatoms. The second-order valence-electron chi connectivity index (χ2n) is 6.36. The number of hydrogen-bond acceptors (Lipinski definition) is 5. The van der Waals surface area contributed by atoms with E-state index in [1.165, 1.54) is 0 Å². The number of rotatable bonds is 3. The van der Waals surface area contributed by atoms with Gasteiger partial charge in [-0.1, -0.05) is 18.2 Å². The van der Waals surface area contributed by atoms with Crippen molar-refractivity contribution < 1.29 is 14.3 Å². The number of anilines is 1. The molecule has 4 rings (SSSR count). The summed E-state index contributed by atoms with van der Waals surface area (Å²) in [6.45, 7) is 2.64. The second-order valence-corrected chi connectivity index (χ2v) is 6.36. The largest absolute Gasteiger partial charge is 0.486 e. The molecular weight excluding hydrogens is 330 g/mol. The van der Waals surface area contributed by atoms with Gasteiger partial charge >= 0.3 is 0 Å². The van der Waals surface area contributed by atoms with Gasteiger partial charge in [0.1, 0.15) is 13.2 Å². The number of carbonyl (C=O) groups excluding carboxylic acids is 1. The lowest BCUT2D eigenvalue weighted by Crippen LogP contribution is -2.24. The van der Waals surface area contributed by atoms with Crippen molar-refractivity contribution in [3.05, 3.63) is 53.6 Å². The molecule has 1 N–H and O–H groups in total. The Bertz CT molecular complexity index is 861. The van der Waals surface area contributed by atoms with Gasteiger partial charge in [-0.2, -0.15) is 5.10 Å². The predicted octanol–water partition coefficient (Wildman–Crippen LogP) is 3.20. The number of amides is 1. The third-order valence-corrected chi connectivity index (χ3v) is 4.69. The van der Waals surface area contributed by atoms with Gasteiger partial charge in [0.2, 0.25) is 5.91 Å². The molecule has 1 unspecified atom stereocenters. The second kappa shape index (κ2) is 6.71. The van der Waals surface area contributed by atoms with Gasteiger partial charge in [0, 0.05) is 26.1 Å². The highest BCUT2D eigenvalue weighted by molar-refractivity contribution is 6.03. The summed E-state index contributed by atoms with van der Waals surface area (Å²) in [5, 5.41) is 9.26. The van der Waals surface area contributed by atoms with Crippen LogP contribution in [0.3, 0.4) is 0 Å². The molecular formula is C20H21N3O3. The van der Waals surface area contributed by atoms with Crippen LogP contribution in [0.15, 0.2) is 47.6 Å². The number of ether oxygens (including phenoxy) is 2. The molecule has 0 bridgehead atoms. The Morgan fingerprint density at radius 2 is 1.85 bits per heavy atom. The highest BCUT2D eigenvalue weighted by atomic mass is 16.6. The van der Waals surface area contributed by atoms with E-state index < -0.39 is 0 Å². The molecule has 0 saturated heterocycles. The maximum atomic E-state index is 12.1. The Kier molecular flexibility index (Phi) is 4.24. The van der Waals surface area contributed by atoms with E-state index in [0.717, 1.165) is 34.0 Å². The van der Waals surface area contributed by atoms with Crippen molar-refractivity contribution >= 4 is 17.3 Å². The van der Waals surface area contributed by atoms with Gasteiger partial charge in [0.05, 0.1) is 11.8 Å². The third kappa shape index (κ3) is 2.98. The summed E-state index contributed by atoms with van der Waals surface area (Å²) in [5.74, 6) is 1.40. The van der Waals surface area contributed by atoms with Crippen molar-refractivity contribution in [2.24, 2.45) is 5.10 Å². The number of carbonyl (C=O) groups is 1. The Labute approximate surface area is 152 Å². The summed E-state index contributed by atoms with van der Waals surface area (Å²) in [6, 6.07) is 13.8. The highest BCUT2D eigenvalue weighted by Gasteiger charge is 2.32. The fourth-order valence-electron chi connectivity index (χ4n) is 3.33. The van der Waals surface area contributed by atoms with Crippen molar-refractivity contribution in [3.8, 4) is 11.5 Å². The van der Waals surface area contributed by atoms with Crippen LogP contribution in [-0.4, -0.2) is 36.9 Å². The molecule has 6 nitrogen and oxygen atoms in total. The molecule has 0 spiro atoms. The molecule has 26 heavy (non-hydrogen) atoms. The summed E-state index contributed by atoms with van der Waals surface area (Å²) >= 11 is 0. The van der Waals surface area contributed by atoms with Crippen LogP contribution in [0.25, 0.3) is 0 Å². The number of nitrogens with one attached hydrogen (secondary N) is 1. The van der Waals surface area contributed by atoms with Crippen LogP contribution in [0.5, 0.6) is 11.5 Å². The molecule has 0 radical (unpaired) electrons. The number of nitrogens with zero attached hydrogens (tertiary/aromatic N) is 2. The fourth-order valence-corrected chi connectivity index (χ4v) is 3.33. The predicted molar refractivity (Wildman–Crippen MR) is 99.8 cm³/mol. The standard InChI is InChI=1S/C20H21N3O3/c1-13(24)23-18(15-5-8-19-20(11-15)26-10-9-25-19)12-17(22-23)14-3-6-16(21-2)7-4-14/h3-8,11,18,21H,9-10,12H2,1-2H3. The van der Waals surface area contributed by atoms with E-state index in [1.54, 1.807) is 11.9 Å². The van der Waals surface area contributed by atoms with E-state index in [9.17, 15) is 4.79 Å². The zero-order valence-corrected chi connectivity index (χ0v) is 14.9. The zero-order chi connectivity index (χ0) is 18.1. The molecule has 0 aromatic heterocycles. The van der Waals surface area contributed by atoms with Crippen LogP contribution in [0, 0.1) is 0 Å². The zero-order valence-electron chi connectivity index (χ0n) is 14.9. The Morgan fingerprint density at radius 1 is 1.12 bits per heavy atom. The van der Waals surface area contributed by atoms with Crippen LogP contribution >= 0.6 is 0 Å². The van der Waals surface area contributed by atoms with Gasteiger partial charge in [-0.3, -0.25) is 4.79 Å². The Hall–Kier alpha value is -3.02. The van der Waals surface area contributed by atoms with Gasteiger partial charge in [0.15, 0.2) is 11.5 Å². The van der Waals surface area contributed by atoms with Crippen molar-refractivity contribution in [1.82, 2.24) is 5.01 Å². The lowest BCUT2D eigenvalue weighted by atomic mass is 9.98. The van der Waals surface area contributed by atoms with E-state index in [2.05, 4.69) is 10.4 Å². The molecule has 2 aliphatic rings. The van der Waals surface area contributed by atoms with Gasteiger partial charge < -0.3 is 14.8 Å². The smallest absolute Gasteiger partial charge is 0.240 e. The summed E-state index contributed by atoms with van der Waals surface area (Å²) in [6.07, 6.45) is 0.665. The van der Waals surface area contributed by atoms with Crippen LogP contribution in [0.1, 0.15) is 30.5 Å². The minimum Gasteiger partial charge on any atom is -0.486 e. The van der Waals surface area contributed by atoms with E-state index >= 15 is 0 Å². The maximum absolute atomic E-state index is 12.1. The average molecular weight is 351 g/mol. The SMILES string of the molecule is CNc1ccc(C2=NN(C(C)=O)C(c3ccc4c(c3)OCCO4)C2)cc1. The molecule has 2 aromatic rings. The van der Waals surface area contributed by atoms with Crippen LogP contribution in [0.2, 0.25) is 0 Å². The number of hydrazone groups is 1. The minimum absolute atomic E-state index is 0.0771. The quantitative estimate of drug-likeness (QED) is 0.922. The topological polar surface area (TPSA) is 63.2 Å². The van der Waals surface area contributed by atoms with Gasteiger partial charge in [-0.25, -0.2) is 5.01 Å². The summed E-state index contributed by atoms with van der Waals surface area (Å²) in [4.78, 5) is 12.1. The van der Waals surface area contributed by atoms with Crippen molar-refractivity contribution in [3.63, 3.8) is 0 Å². The van der Waals surface area contributed by atoms with Crippen molar-refractivity contribution in [1.29, 1.82) is 0 Å². The minimum atomic E-state index is -0.137. The normalized spacial score (nSPS) is 18.5. The Balaban J connectivity index is 1.63. The van der Waals surface area contributed by atoms with E-state index in [-0.39, 0.29) is 11.9 Å². The lowest BCUT2D eigenvalue weighted by Gasteiger charge is -2.23. The lowest BCUT2D eigenvalue weighted by molar-refractivity contribution is -0.130. The fraction of sp³-hybridized carbons (Fsp3) is 0.300. The molecule has 1 atom stereocenters. The van der Waals surface area contributed by atoms with Crippen molar-refractivity contribution in [2.45, 2.75) is 19.4 Å². The highest BCUT2D eigenvalue weighted by Crippen LogP contribution is 2.38. The molecule has 0 saturated carbocycles. The van der Waals surface area contributed by atoms with Gasteiger partial charge in [-0.15, -0.1) is 0 Å². The first-order valence-electron chi connectivity index (χ1n) is 8.71. The molecule has 0 fully saturated rings. The molecule has 0 aliphatic carbocycles. The van der Waals surface area contributed by atoms with Crippen LogP contribution in [0.4, 0.5) is 5.69 Å². The first-order chi connectivity index (χ1) is 12.7. The van der Waals surface area contributed by atoms with E-state index in [4.69, 9.17) is 9.47 Å². The van der Waals surface area contributed by atoms with E-state index in [1.807, 2.05) is 49.5 Å².